The van der Waals surface area contributed by atoms with Gasteiger partial charge in [0.25, 0.3) is 5.91 Å². The molecule has 5 nitrogen and oxygen atoms in total. The fourth-order valence-electron chi connectivity index (χ4n) is 3.95. The quantitative estimate of drug-likeness (QED) is 0.252. The molecule has 0 saturated heterocycles. The highest BCUT2D eigenvalue weighted by Gasteiger charge is 2.23. The summed E-state index contributed by atoms with van der Waals surface area (Å²) in [4.78, 5) is 12.8. The van der Waals surface area contributed by atoms with Crippen molar-refractivity contribution < 1.29 is 31.1 Å². The maximum absolute atomic E-state index is 12.8. The first-order valence-electron chi connectivity index (χ1n) is 12.1. The molecule has 0 spiro atoms. The molecule has 1 heterocycles. The molecule has 0 aliphatic rings. The lowest BCUT2D eigenvalue weighted by Gasteiger charge is -2.19. The van der Waals surface area contributed by atoms with Gasteiger partial charge in [-0.25, -0.2) is 9.13 Å². The van der Waals surface area contributed by atoms with E-state index >= 15 is 0 Å². The molecule has 10 heteroatoms. The van der Waals surface area contributed by atoms with Crippen LogP contribution in [0.3, 0.4) is 0 Å². The number of aryl methyl sites for hydroxylation is 1. The highest BCUT2D eigenvalue weighted by atomic mass is 79.9. The summed E-state index contributed by atoms with van der Waals surface area (Å²) in [7, 11) is 0. The van der Waals surface area contributed by atoms with Gasteiger partial charge in [-0.05, 0) is 49.2 Å². The number of aromatic nitrogens is 2. The molecule has 4 rings (SSSR count). The topological polar surface area (TPSA) is 47.1 Å². The number of imidazole rings is 1. The van der Waals surface area contributed by atoms with Crippen molar-refractivity contribution in [3.63, 3.8) is 0 Å². The standard InChI is InChI=1S/C29H27Cl4N3O2.BrH/c1-19-3-5-21(6-4-19)15-34-29(37)20(2)36-12-11-35(18-36)16-28(25-10-9-24(31)14-27(25)33)38-17-22-7-8-23(30)13-26(22)32;/h3-14,18,20,28H,15-17H2,1-2H3;1H. The molecule has 0 aliphatic heterocycles. The van der Waals surface area contributed by atoms with Gasteiger partial charge < -0.3 is 27.0 Å². The lowest BCUT2D eigenvalue weighted by Crippen LogP contribution is -3.00. The van der Waals surface area contributed by atoms with Gasteiger partial charge in [0, 0.05) is 32.2 Å². The van der Waals surface area contributed by atoms with E-state index in [1.54, 1.807) is 24.3 Å². The number of nitrogens with zero attached hydrogens (tertiary/aromatic N) is 2. The van der Waals surface area contributed by atoms with E-state index in [0.717, 1.165) is 16.7 Å². The zero-order chi connectivity index (χ0) is 27.2. The fraction of sp³-hybridized carbons (Fsp3) is 0.241. The summed E-state index contributed by atoms with van der Waals surface area (Å²) >= 11 is 25.1. The minimum atomic E-state index is -0.405. The fourth-order valence-corrected chi connectivity index (χ4v) is 4.94. The molecular weight excluding hydrogens is 644 g/mol. The second-order valence-electron chi connectivity index (χ2n) is 9.14. The minimum absolute atomic E-state index is 0. The van der Waals surface area contributed by atoms with Gasteiger partial charge in [-0.1, -0.05) is 88.4 Å². The third kappa shape index (κ3) is 8.71. The molecule has 0 radical (unpaired) electrons. The third-order valence-electron chi connectivity index (χ3n) is 6.27. The number of amides is 1. The van der Waals surface area contributed by atoms with Crippen LogP contribution in [0.4, 0.5) is 0 Å². The normalized spacial score (nSPS) is 12.5. The van der Waals surface area contributed by atoms with E-state index in [4.69, 9.17) is 51.1 Å². The Morgan fingerprint density at radius 2 is 1.64 bits per heavy atom. The summed E-state index contributed by atoms with van der Waals surface area (Å²) in [5, 5.41) is 5.15. The molecule has 4 aromatic rings. The van der Waals surface area contributed by atoms with Crippen LogP contribution in [0, 0.1) is 6.92 Å². The molecule has 0 bridgehead atoms. The zero-order valence-corrected chi connectivity index (χ0v) is 26.0. The number of halogens is 5. The van der Waals surface area contributed by atoms with Crippen molar-refractivity contribution >= 4 is 52.3 Å². The number of hydrogen-bond acceptors (Lipinski definition) is 2. The number of rotatable bonds is 10. The van der Waals surface area contributed by atoms with E-state index in [0.29, 0.717) is 33.2 Å². The lowest BCUT2D eigenvalue weighted by atomic mass is 10.1. The minimum Gasteiger partial charge on any atom is -1.00 e. The number of ether oxygens (including phenoxy) is 1. The highest BCUT2D eigenvalue weighted by Crippen LogP contribution is 2.31. The first-order chi connectivity index (χ1) is 18.2. The average molecular weight is 672 g/mol. The van der Waals surface area contributed by atoms with Crippen molar-refractivity contribution in [1.82, 2.24) is 9.88 Å². The zero-order valence-electron chi connectivity index (χ0n) is 21.4. The Hall–Kier alpha value is -2.06. The second-order valence-corrected chi connectivity index (χ2v) is 10.8. The van der Waals surface area contributed by atoms with E-state index in [1.165, 1.54) is 5.56 Å². The Morgan fingerprint density at radius 1 is 0.974 bits per heavy atom. The van der Waals surface area contributed by atoms with Gasteiger partial charge in [0.1, 0.15) is 25.0 Å². The molecule has 1 N–H and O–H groups in total. The lowest BCUT2D eigenvalue weighted by molar-refractivity contribution is -0.705. The molecule has 3 aromatic carbocycles. The first kappa shape index (κ1) is 31.5. The van der Waals surface area contributed by atoms with Gasteiger partial charge in [0.05, 0.1) is 6.61 Å². The van der Waals surface area contributed by atoms with Gasteiger partial charge in [-0.15, -0.1) is 0 Å². The predicted molar refractivity (Wildman–Crippen MR) is 153 cm³/mol. The van der Waals surface area contributed by atoms with E-state index < -0.39 is 12.1 Å². The number of carbonyl (C=O) groups excluding carboxylic acids is 1. The van der Waals surface area contributed by atoms with E-state index in [9.17, 15) is 4.79 Å². The molecule has 206 valence electrons. The van der Waals surface area contributed by atoms with Crippen LogP contribution < -0.4 is 26.9 Å². The van der Waals surface area contributed by atoms with E-state index in [1.807, 2.05) is 78.1 Å². The van der Waals surface area contributed by atoms with Crippen LogP contribution in [0.15, 0.2) is 79.4 Å². The van der Waals surface area contributed by atoms with Crippen LogP contribution in [0.1, 0.15) is 41.3 Å². The van der Waals surface area contributed by atoms with Crippen LogP contribution in [-0.4, -0.2) is 10.5 Å². The Morgan fingerprint density at radius 3 is 2.31 bits per heavy atom. The average Bonchev–Trinajstić information content (AvgIpc) is 3.35. The Labute approximate surface area is 259 Å². The van der Waals surface area contributed by atoms with E-state index in [-0.39, 0.29) is 29.5 Å². The predicted octanol–water partition coefficient (Wildman–Crippen LogP) is 4.54. The molecule has 1 amide bonds. The molecule has 1 aromatic heterocycles. The van der Waals surface area contributed by atoms with Gasteiger partial charge in [-0.2, -0.15) is 0 Å². The smallest absolute Gasteiger partial charge is 0.265 e. The monoisotopic (exact) mass is 669 g/mol. The van der Waals surface area contributed by atoms with E-state index in [2.05, 4.69) is 5.32 Å². The van der Waals surface area contributed by atoms with Gasteiger partial charge in [-0.3, -0.25) is 4.79 Å². The van der Waals surface area contributed by atoms with Crippen molar-refractivity contribution in [2.75, 3.05) is 0 Å². The summed E-state index contributed by atoms with van der Waals surface area (Å²) in [6, 6.07) is 18.3. The Kier molecular flexibility index (Phi) is 11.7. The molecule has 2 unspecified atom stereocenters. The Balaban J connectivity index is 0.00000420. The van der Waals surface area contributed by atoms with Crippen molar-refractivity contribution in [1.29, 1.82) is 0 Å². The second kappa shape index (κ2) is 14.5. The summed E-state index contributed by atoms with van der Waals surface area (Å²) in [6.45, 7) is 5.09. The van der Waals surface area contributed by atoms with Crippen LogP contribution in [0.2, 0.25) is 20.1 Å². The largest absolute Gasteiger partial charge is 1.00 e. The van der Waals surface area contributed by atoms with Crippen LogP contribution in [-0.2, 0) is 29.2 Å². The molecule has 0 aliphatic carbocycles. The number of carbonyl (C=O) groups is 1. The molecule has 39 heavy (non-hydrogen) atoms. The third-order valence-corrected chi connectivity index (χ3v) is 7.42. The SMILES string of the molecule is Cc1ccc(CNC(=O)C(C)n2cc[n+](CC(OCc3ccc(Cl)cc3Cl)c3ccc(Cl)cc3Cl)c2)cc1.[Br-]. The first-order valence-corrected chi connectivity index (χ1v) is 13.6. The summed E-state index contributed by atoms with van der Waals surface area (Å²) < 4.78 is 10.1. The molecule has 0 fully saturated rings. The summed E-state index contributed by atoms with van der Waals surface area (Å²) in [5.74, 6) is -0.0701. The van der Waals surface area contributed by atoms with Crippen molar-refractivity contribution in [3.05, 3.63) is 122 Å². The van der Waals surface area contributed by atoms with Crippen LogP contribution >= 0.6 is 46.4 Å². The van der Waals surface area contributed by atoms with Gasteiger partial charge in [0.15, 0.2) is 6.04 Å². The number of hydrogen-bond donors (Lipinski definition) is 1. The van der Waals surface area contributed by atoms with Crippen molar-refractivity contribution in [2.24, 2.45) is 0 Å². The maximum Gasteiger partial charge on any atom is 0.265 e. The maximum atomic E-state index is 12.8. The number of benzene rings is 3. The van der Waals surface area contributed by atoms with Crippen molar-refractivity contribution in [2.45, 2.75) is 45.7 Å². The van der Waals surface area contributed by atoms with Gasteiger partial charge in [0.2, 0.25) is 6.33 Å². The molecular formula is C29H28BrCl4N3O2. The van der Waals surface area contributed by atoms with Crippen LogP contribution in [0.5, 0.6) is 0 Å². The van der Waals surface area contributed by atoms with Gasteiger partial charge >= 0.3 is 0 Å². The molecule has 0 saturated carbocycles. The summed E-state index contributed by atoms with van der Waals surface area (Å²) in [6.07, 6.45) is 5.25. The number of nitrogens with one attached hydrogen (secondary N) is 1. The van der Waals surface area contributed by atoms with Crippen molar-refractivity contribution in [3.8, 4) is 0 Å². The highest BCUT2D eigenvalue weighted by molar-refractivity contribution is 6.35. The van der Waals surface area contributed by atoms with Crippen LogP contribution in [0.25, 0.3) is 0 Å². The molecule has 2 atom stereocenters. The summed E-state index contributed by atoms with van der Waals surface area (Å²) in [5.41, 5.74) is 3.85. The Bertz CT molecular complexity index is 1410.